The highest BCUT2D eigenvalue weighted by Crippen LogP contribution is 2.58. The van der Waals surface area contributed by atoms with Gasteiger partial charge in [-0.25, -0.2) is 0 Å². The second-order valence-electron chi connectivity index (χ2n) is 7.99. The molecule has 0 aliphatic heterocycles. The van der Waals surface area contributed by atoms with Crippen LogP contribution in [0.5, 0.6) is 0 Å². The number of esters is 1. The molecule has 23 heavy (non-hydrogen) atoms. The fourth-order valence-electron chi connectivity index (χ4n) is 4.94. The standard InChI is InChI=1S/C19H30O3Si/c1-14-12-19(2,13-20)16(11-17(21)22-3)18(14)23(4,5)15-9-7-6-8-10-15/h6-10,14,16,18,20H,11-13H2,1-5H3/t14-,16-,18+,19-/m1/s1. The fraction of sp³-hybridized carbons (Fsp3) is 0.632. The first kappa shape index (κ1) is 18.2. The minimum absolute atomic E-state index is 0.134. The molecular weight excluding hydrogens is 304 g/mol. The number of carbonyl (C=O) groups is 1. The number of carbonyl (C=O) groups excluding carboxylic acids is 1. The molecule has 1 aliphatic rings. The molecule has 1 saturated carbocycles. The van der Waals surface area contributed by atoms with Crippen molar-refractivity contribution in [3.63, 3.8) is 0 Å². The number of aliphatic hydroxyl groups excluding tert-OH is 1. The Balaban J connectivity index is 2.42. The van der Waals surface area contributed by atoms with E-state index in [0.29, 0.717) is 17.9 Å². The lowest BCUT2D eigenvalue weighted by Crippen LogP contribution is -2.50. The van der Waals surface area contributed by atoms with E-state index in [1.807, 2.05) is 0 Å². The van der Waals surface area contributed by atoms with Crippen molar-refractivity contribution in [3.8, 4) is 0 Å². The molecule has 1 fully saturated rings. The van der Waals surface area contributed by atoms with Gasteiger partial charge in [-0.15, -0.1) is 0 Å². The molecule has 1 N–H and O–H groups in total. The van der Waals surface area contributed by atoms with E-state index in [9.17, 15) is 9.90 Å². The third kappa shape index (κ3) is 3.38. The Morgan fingerprint density at radius 3 is 2.48 bits per heavy atom. The van der Waals surface area contributed by atoms with Crippen molar-refractivity contribution in [3.05, 3.63) is 30.3 Å². The molecule has 0 amide bonds. The van der Waals surface area contributed by atoms with Crippen LogP contribution in [-0.2, 0) is 9.53 Å². The Morgan fingerprint density at radius 1 is 1.35 bits per heavy atom. The summed E-state index contributed by atoms with van der Waals surface area (Å²) < 4.78 is 4.95. The van der Waals surface area contributed by atoms with Crippen LogP contribution in [0.1, 0.15) is 26.7 Å². The average Bonchev–Trinajstić information content (AvgIpc) is 2.79. The van der Waals surface area contributed by atoms with Gasteiger partial charge in [0, 0.05) is 13.0 Å². The van der Waals surface area contributed by atoms with Crippen LogP contribution in [0, 0.1) is 17.3 Å². The Kier molecular flexibility index (Phi) is 5.36. The molecule has 1 aromatic rings. The predicted octanol–water partition coefficient (Wildman–Crippen LogP) is 3.19. The van der Waals surface area contributed by atoms with Gasteiger partial charge in [-0.05, 0) is 29.2 Å². The summed E-state index contributed by atoms with van der Waals surface area (Å²) in [4.78, 5) is 12.0. The first-order valence-electron chi connectivity index (χ1n) is 8.49. The minimum Gasteiger partial charge on any atom is -0.469 e. The SMILES string of the molecule is COC(=O)C[C@@H]1[C@@H]([Si](C)(C)c2ccccc2)[C@H](C)C[C@]1(C)CO. The number of aliphatic hydroxyl groups is 1. The van der Waals surface area contributed by atoms with Crippen molar-refractivity contribution < 1.29 is 14.6 Å². The number of hydrogen-bond acceptors (Lipinski definition) is 3. The number of methoxy groups -OCH3 is 1. The molecular formula is C19H30O3Si. The van der Waals surface area contributed by atoms with E-state index in [2.05, 4.69) is 57.3 Å². The Hall–Kier alpha value is -1.13. The molecule has 3 nitrogen and oxygen atoms in total. The first-order chi connectivity index (χ1) is 10.8. The zero-order chi connectivity index (χ0) is 17.3. The topological polar surface area (TPSA) is 46.5 Å². The van der Waals surface area contributed by atoms with Gasteiger partial charge in [0.2, 0.25) is 0 Å². The van der Waals surface area contributed by atoms with Gasteiger partial charge in [0.25, 0.3) is 0 Å². The molecule has 0 saturated heterocycles. The molecule has 0 heterocycles. The van der Waals surface area contributed by atoms with Crippen LogP contribution < -0.4 is 5.19 Å². The van der Waals surface area contributed by atoms with Crippen molar-refractivity contribution in [2.45, 2.75) is 45.3 Å². The lowest BCUT2D eigenvalue weighted by atomic mass is 9.78. The van der Waals surface area contributed by atoms with Crippen molar-refractivity contribution in [2.24, 2.45) is 17.3 Å². The second-order valence-corrected chi connectivity index (χ2v) is 12.7. The Morgan fingerprint density at radius 2 is 1.96 bits per heavy atom. The summed E-state index contributed by atoms with van der Waals surface area (Å²) in [5, 5.41) is 11.4. The predicted molar refractivity (Wildman–Crippen MR) is 96.4 cm³/mol. The van der Waals surface area contributed by atoms with Gasteiger partial charge in [-0.2, -0.15) is 0 Å². The van der Waals surface area contributed by atoms with E-state index in [1.165, 1.54) is 12.3 Å². The zero-order valence-corrected chi connectivity index (χ0v) is 16.0. The summed E-state index contributed by atoms with van der Waals surface area (Å²) in [6.45, 7) is 9.35. The highest BCUT2D eigenvalue weighted by atomic mass is 28.3. The van der Waals surface area contributed by atoms with E-state index in [0.717, 1.165) is 6.42 Å². The minimum atomic E-state index is -1.78. The van der Waals surface area contributed by atoms with Crippen molar-refractivity contribution in [1.29, 1.82) is 0 Å². The number of rotatable bonds is 5. The average molecular weight is 335 g/mol. The molecule has 1 aromatic carbocycles. The molecule has 0 bridgehead atoms. The van der Waals surface area contributed by atoms with Crippen molar-refractivity contribution >= 4 is 19.2 Å². The number of benzene rings is 1. The van der Waals surface area contributed by atoms with E-state index in [4.69, 9.17) is 4.74 Å². The molecule has 0 spiro atoms. The van der Waals surface area contributed by atoms with Gasteiger partial charge in [-0.3, -0.25) is 4.79 Å². The maximum Gasteiger partial charge on any atom is 0.305 e. The van der Waals surface area contributed by atoms with E-state index < -0.39 is 8.07 Å². The van der Waals surface area contributed by atoms with Gasteiger partial charge in [0.1, 0.15) is 0 Å². The smallest absolute Gasteiger partial charge is 0.305 e. The van der Waals surface area contributed by atoms with E-state index in [-0.39, 0.29) is 23.9 Å². The summed E-state index contributed by atoms with van der Waals surface area (Å²) in [5.41, 5.74) is 0.262. The zero-order valence-electron chi connectivity index (χ0n) is 15.0. The van der Waals surface area contributed by atoms with Crippen LogP contribution in [0.2, 0.25) is 18.6 Å². The van der Waals surface area contributed by atoms with Gasteiger partial charge in [0.05, 0.1) is 15.2 Å². The van der Waals surface area contributed by atoms with Crippen LogP contribution in [0.15, 0.2) is 30.3 Å². The summed E-state index contributed by atoms with van der Waals surface area (Å²) in [7, 11) is -0.326. The van der Waals surface area contributed by atoms with Crippen LogP contribution in [0.25, 0.3) is 0 Å². The lowest BCUT2D eigenvalue weighted by Gasteiger charge is -2.40. The molecule has 128 valence electrons. The van der Waals surface area contributed by atoms with Crippen LogP contribution >= 0.6 is 0 Å². The number of hydrogen-bond donors (Lipinski definition) is 1. The van der Waals surface area contributed by atoms with E-state index >= 15 is 0 Å². The van der Waals surface area contributed by atoms with E-state index in [1.54, 1.807) is 0 Å². The quantitative estimate of drug-likeness (QED) is 0.664. The maximum absolute atomic E-state index is 12.0. The third-order valence-corrected chi connectivity index (χ3v) is 10.5. The molecule has 1 aliphatic carbocycles. The van der Waals surface area contributed by atoms with Gasteiger partial charge in [-0.1, -0.05) is 62.5 Å². The Bertz CT molecular complexity index is 543. The fourth-order valence-corrected chi connectivity index (χ4v) is 9.44. The molecule has 0 unspecified atom stereocenters. The summed E-state index contributed by atoms with van der Waals surface area (Å²) in [6.07, 6.45) is 1.38. The third-order valence-electron chi connectivity index (χ3n) is 6.06. The van der Waals surface area contributed by atoms with Crippen LogP contribution in [-0.4, -0.2) is 32.9 Å². The first-order valence-corrected chi connectivity index (χ1v) is 11.6. The van der Waals surface area contributed by atoms with Gasteiger partial charge < -0.3 is 9.84 Å². The Labute approximate surface area is 141 Å². The summed E-state index contributed by atoms with van der Waals surface area (Å²) >= 11 is 0. The monoisotopic (exact) mass is 334 g/mol. The molecule has 4 heteroatoms. The molecule has 0 aromatic heterocycles. The number of ether oxygens (including phenoxy) is 1. The normalized spacial score (nSPS) is 31.1. The van der Waals surface area contributed by atoms with Crippen molar-refractivity contribution in [2.75, 3.05) is 13.7 Å². The molecule has 0 radical (unpaired) electrons. The highest BCUT2D eigenvalue weighted by Gasteiger charge is 2.55. The molecule has 2 rings (SSSR count). The summed E-state index contributed by atoms with van der Waals surface area (Å²) in [6, 6.07) is 10.7. The maximum atomic E-state index is 12.0. The summed E-state index contributed by atoms with van der Waals surface area (Å²) in [5.74, 6) is 0.520. The van der Waals surface area contributed by atoms with Crippen LogP contribution in [0.3, 0.4) is 0 Å². The highest BCUT2D eigenvalue weighted by molar-refractivity contribution is 6.91. The lowest BCUT2D eigenvalue weighted by molar-refractivity contribution is -0.142. The van der Waals surface area contributed by atoms with Crippen LogP contribution in [0.4, 0.5) is 0 Å². The van der Waals surface area contributed by atoms with Gasteiger partial charge >= 0.3 is 5.97 Å². The van der Waals surface area contributed by atoms with Crippen molar-refractivity contribution in [1.82, 2.24) is 0 Å². The molecule has 4 atom stereocenters. The van der Waals surface area contributed by atoms with Gasteiger partial charge in [0.15, 0.2) is 0 Å². The largest absolute Gasteiger partial charge is 0.469 e. The second kappa shape index (κ2) is 6.77.